The molecule has 4 nitrogen and oxygen atoms in total. The fourth-order valence-electron chi connectivity index (χ4n) is 1.84. The van der Waals surface area contributed by atoms with Gasteiger partial charge in [-0.2, -0.15) is 5.10 Å². The lowest BCUT2D eigenvalue weighted by Crippen LogP contribution is -2.22. The summed E-state index contributed by atoms with van der Waals surface area (Å²) < 4.78 is 32.9. The van der Waals surface area contributed by atoms with Gasteiger partial charge < -0.3 is 4.74 Å². The fourth-order valence-corrected chi connectivity index (χ4v) is 2.59. The number of pyridine rings is 1. The second-order valence-electron chi connectivity index (χ2n) is 5.93. The van der Waals surface area contributed by atoms with Gasteiger partial charge in [-0.25, -0.2) is 13.5 Å². The second-order valence-corrected chi connectivity index (χ2v) is 11.5. The van der Waals surface area contributed by atoms with Crippen LogP contribution in [0.15, 0.2) is 18.5 Å². The summed E-state index contributed by atoms with van der Waals surface area (Å²) in [4.78, 5) is 3.96. The molecule has 0 amide bonds. The zero-order chi connectivity index (χ0) is 14.8. The number of aromatic nitrogens is 3. The first-order chi connectivity index (χ1) is 9.38. The van der Waals surface area contributed by atoms with E-state index >= 15 is 0 Å². The highest BCUT2D eigenvalue weighted by molar-refractivity contribution is 6.76. The molecule has 7 heteroatoms. The van der Waals surface area contributed by atoms with Gasteiger partial charge in [0.25, 0.3) is 6.43 Å². The number of hydrogen-bond donors (Lipinski definition) is 0. The highest BCUT2D eigenvalue weighted by Crippen LogP contribution is 2.26. The number of hydrogen-bond acceptors (Lipinski definition) is 3. The maximum absolute atomic E-state index is 12.9. The Morgan fingerprint density at radius 1 is 1.35 bits per heavy atom. The normalized spacial score (nSPS) is 12.5. The topological polar surface area (TPSA) is 39.9 Å². The standard InChI is InChI=1S/C13H19F2N3OSi/c1-20(2,3)7-6-19-9-18-11-8-16-5-4-10(11)12(17-18)13(14)15/h4-5,8,13H,6-7,9H2,1-3H3. The van der Waals surface area contributed by atoms with E-state index in [2.05, 4.69) is 29.7 Å². The SMILES string of the molecule is C[Si](C)(C)CCOCn1nc(C(F)F)c2ccncc21. The molecule has 0 saturated carbocycles. The molecule has 0 spiro atoms. The number of nitrogens with zero attached hydrogens (tertiary/aromatic N) is 3. The van der Waals surface area contributed by atoms with Crippen LogP contribution in [0.5, 0.6) is 0 Å². The Morgan fingerprint density at radius 2 is 2.10 bits per heavy atom. The summed E-state index contributed by atoms with van der Waals surface area (Å²) in [6, 6.07) is 2.59. The van der Waals surface area contributed by atoms with Gasteiger partial charge in [-0.15, -0.1) is 0 Å². The van der Waals surface area contributed by atoms with E-state index in [9.17, 15) is 8.78 Å². The Morgan fingerprint density at radius 3 is 2.75 bits per heavy atom. The van der Waals surface area contributed by atoms with Gasteiger partial charge in [-0.3, -0.25) is 4.98 Å². The van der Waals surface area contributed by atoms with Crippen LogP contribution in [-0.4, -0.2) is 29.4 Å². The van der Waals surface area contributed by atoms with E-state index in [0.29, 0.717) is 17.5 Å². The number of ether oxygens (including phenoxy) is 1. The molecule has 0 atom stereocenters. The van der Waals surface area contributed by atoms with Crippen molar-refractivity contribution in [3.63, 3.8) is 0 Å². The van der Waals surface area contributed by atoms with E-state index in [-0.39, 0.29) is 12.4 Å². The summed E-state index contributed by atoms with van der Waals surface area (Å²) in [7, 11) is -1.15. The molecule has 0 saturated heterocycles. The highest BCUT2D eigenvalue weighted by Gasteiger charge is 2.18. The maximum atomic E-state index is 12.9. The highest BCUT2D eigenvalue weighted by atomic mass is 28.3. The van der Waals surface area contributed by atoms with Crippen LogP contribution < -0.4 is 0 Å². The molecule has 0 N–H and O–H groups in total. The summed E-state index contributed by atoms with van der Waals surface area (Å²) in [5.74, 6) is 0. The Kier molecular flexibility index (Phi) is 4.49. The number of rotatable bonds is 6. The number of fused-ring (bicyclic) bond motifs is 1. The maximum Gasteiger partial charge on any atom is 0.282 e. The second kappa shape index (κ2) is 5.97. The Hall–Kier alpha value is -1.34. The molecule has 2 rings (SSSR count). The molecular weight excluding hydrogens is 280 g/mol. The van der Waals surface area contributed by atoms with Gasteiger partial charge in [0.15, 0.2) is 0 Å². The van der Waals surface area contributed by atoms with Crippen LogP contribution in [0.1, 0.15) is 12.1 Å². The first kappa shape index (κ1) is 15.1. The van der Waals surface area contributed by atoms with Gasteiger partial charge in [-0.1, -0.05) is 19.6 Å². The molecule has 0 radical (unpaired) electrons. The van der Waals surface area contributed by atoms with Crippen LogP contribution in [0.4, 0.5) is 8.78 Å². The van der Waals surface area contributed by atoms with Crippen molar-refractivity contribution in [1.82, 2.24) is 14.8 Å². The Bertz CT molecular complexity index is 580. The van der Waals surface area contributed by atoms with E-state index in [0.717, 1.165) is 6.04 Å². The zero-order valence-electron chi connectivity index (χ0n) is 11.9. The van der Waals surface area contributed by atoms with Crippen LogP contribution in [0.2, 0.25) is 25.7 Å². The minimum Gasteiger partial charge on any atom is -0.360 e. The molecule has 0 fully saturated rings. The van der Waals surface area contributed by atoms with E-state index in [1.165, 1.54) is 17.1 Å². The average molecular weight is 299 g/mol. The average Bonchev–Trinajstić information content (AvgIpc) is 2.73. The third-order valence-corrected chi connectivity index (χ3v) is 4.70. The van der Waals surface area contributed by atoms with Gasteiger partial charge in [0, 0.05) is 26.3 Å². The largest absolute Gasteiger partial charge is 0.360 e. The Labute approximate surface area is 117 Å². The van der Waals surface area contributed by atoms with Gasteiger partial charge in [0.1, 0.15) is 12.4 Å². The van der Waals surface area contributed by atoms with Crippen molar-refractivity contribution in [3.05, 3.63) is 24.2 Å². The minimum atomic E-state index is -2.59. The summed E-state index contributed by atoms with van der Waals surface area (Å²) in [5, 5.41) is 4.37. The molecule has 110 valence electrons. The molecule has 2 heterocycles. The van der Waals surface area contributed by atoms with Gasteiger partial charge in [0.2, 0.25) is 0 Å². The lowest BCUT2D eigenvalue weighted by Gasteiger charge is -2.15. The molecule has 0 aromatic carbocycles. The summed E-state index contributed by atoms with van der Waals surface area (Å²) in [5.41, 5.74) is 0.368. The van der Waals surface area contributed by atoms with E-state index < -0.39 is 14.5 Å². The van der Waals surface area contributed by atoms with Crippen LogP contribution in [0, 0.1) is 0 Å². The van der Waals surface area contributed by atoms with Gasteiger partial charge in [-0.05, 0) is 12.1 Å². The lowest BCUT2D eigenvalue weighted by molar-refractivity contribution is 0.0789. The molecule has 0 aliphatic heterocycles. The van der Waals surface area contributed by atoms with Crippen molar-refractivity contribution >= 4 is 19.0 Å². The first-order valence-electron chi connectivity index (χ1n) is 6.55. The predicted octanol–water partition coefficient (Wildman–Crippen LogP) is 3.68. The summed E-state index contributed by atoms with van der Waals surface area (Å²) in [6.45, 7) is 7.59. The van der Waals surface area contributed by atoms with Crippen LogP contribution in [0.3, 0.4) is 0 Å². The fraction of sp³-hybridized carbons (Fsp3) is 0.538. The monoisotopic (exact) mass is 299 g/mol. The van der Waals surface area contributed by atoms with Gasteiger partial charge in [0.05, 0.1) is 11.7 Å². The minimum absolute atomic E-state index is 0.180. The van der Waals surface area contributed by atoms with E-state index in [1.54, 1.807) is 6.07 Å². The molecule has 2 aromatic heterocycles. The van der Waals surface area contributed by atoms with Gasteiger partial charge >= 0.3 is 0 Å². The van der Waals surface area contributed by atoms with Crippen LogP contribution in [0.25, 0.3) is 10.9 Å². The third kappa shape index (κ3) is 3.60. The lowest BCUT2D eigenvalue weighted by atomic mass is 10.2. The number of halogens is 2. The molecule has 0 aliphatic carbocycles. The third-order valence-electron chi connectivity index (χ3n) is 3.00. The predicted molar refractivity (Wildman–Crippen MR) is 76.6 cm³/mol. The van der Waals surface area contributed by atoms with Crippen molar-refractivity contribution in [2.75, 3.05) is 6.61 Å². The van der Waals surface area contributed by atoms with Crippen molar-refractivity contribution < 1.29 is 13.5 Å². The first-order valence-corrected chi connectivity index (χ1v) is 10.3. The summed E-state index contributed by atoms with van der Waals surface area (Å²) >= 11 is 0. The molecule has 0 bridgehead atoms. The molecular formula is C13H19F2N3OSi. The molecule has 0 aliphatic rings. The molecule has 20 heavy (non-hydrogen) atoms. The Balaban J connectivity index is 2.10. The van der Waals surface area contributed by atoms with Crippen LogP contribution in [-0.2, 0) is 11.5 Å². The van der Waals surface area contributed by atoms with Crippen molar-refractivity contribution in [1.29, 1.82) is 0 Å². The van der Waals surface area contributed by atoms with E-state index in [1.807, 2.05) is 0 Å². The summed E-state index contributed by atoms with van der Waals surface area (Å²) in [6.07, 6.45) is 0.436. The smallest absolute Gasteiger partial charge is 0.282 e. The van der Waals surface area contributed by atoms with Crippen molar-refractivity contribution in [2.45, 2.75) is 38.8 Å². The molecule has 0 unspecified atom stereocenters. The van der Waals surface area contributed by atoms with Crippen LogP contribution >= 0.6 is 0 Å². The number of alkyl halides is 2. The van der Waals surface area contributed by atoms with E-state index in [4.69, 9.17) is 4.74 Å². The quantitative estimate of drug-likeness (QED) is 0.603. The zero-order valence-corrected chi connectivity index (χ0v) is 12.9. The van der Waals surface area contributed by atoms with Crippen molar-refractivity contribution in [2.24, 2.45) is 0 Å². The van der Waals surface area contributed by atoms with Crippen molar-refractivity contribution in [3.8, 4) is 0 Å². The molecule has 2 aromatic rings.